The van der Waals surface area contributed by atoms with E-state index in [2.05, 4.69) is 29.2 Å². The summed E-state index contributed by atoms with van der Waals surface area (Å²) in [5.74, 6) is -0.189. The number of hydrogen-bond donors (Lipinski definition) is 0. The number of hydrogen-bond acceptors (Lipinski definition) is 4. The highest BCUT2D eigenvalue weighted by atomic mass is 16.5. The topological polar surface area (TPSA) is 38.8 Å². The highest BCUT2D eigenvalue weighted by Gasteiger charge is 2.31. The molecule has 0 saturated carbocycles. The van der Waals surface area contributed by atoms with Gasteiger partial charge in [-0.1, -0.05) is 24.3 Å². The van der Waals surface area contributed by atoms with Crippen molar-refractivity contribution in [3.63, 3.8) is 0 Å². The van der Waals surface area contributed by atoms with E-state index in [1.807, 2.05) is 0 Å². The maximum Gasteiger partial charge on any atom is 0.308 e. The Kier molecular flexibility index (Phi) is 4.56. The molecule has 0 bridgehead atoms. The highest BCUT2D eigenvalue weighted by molar-refractivity contribution is 5.69. The molecule has 4 heteroatoms. The van der Waals surface area contributed by atoms with E-state index in [4.69, 9.17) is 9.47 Å². The van der Waals surface area contributed by atoms with Gasteiger partial charge >= 0.3 is 5.97 Å². The molecule has 1 aromatic carbocycles. The molecule has 0 amide bonds. The summed E-state index contributed by atoms with van der Waals surface area (Å²) in [4.78, 5) is 13.9. The predicted octanol–water partition coefficient (Wildman–Crippen LogP) is 2.33. The SMILES string of the molecule is COC(=O)CC1CN(C2CCCc3ccccc32)CCO1. The van der Waals surface area contributed by atoms with Gasteiger partial charge in [0.05, 0.1) is 26.2 Å². The lowest BCUT2D eigenvalue weighted by molar-refractivity contribution is -0.146. The van der Waals surface area contributed by atoms with Gasteiger partial charge in [0.15, 0.2) is 0 Å². The van der Waals surface area contributed by atoms with E-state index in [0.29, 0.717) is 19.1 Å². The van der Waals surface area contributed by atoms with E-state index in [9.17, 15) is 4.79 Å². The van der Waals surface area contributed by atoms with Crippen LogP contribution in [0.4, 0.5) is 0 Å². The van der Waals surface area contributed by atoms with Gasteiger partial charge in [-0.15, -0.1) is 0 Å². The van der Waals surface area contributed by atoms with Crippen molar-refractivity contribution in [2.24, 2.45) is 0 Å². The summed E-state index contributed by atoms with van der Waals surface area (Å²) < 4.78 is 10.5. The normalized spacial score (nSPS) is 26.1. The molecule has 0 aromatic heterocycles. The Bertz CT molecular complexity index is 503. The summed E-state index contributed by atoms with van der Waals surface area (Å²) in [6, 6.07) is 9.22. The Hall–Kier alpha value is -1.39. The molecule has 1 fully saturated rings. The second kappa shape index (κ2) is 6.58. The molecular formula is C17H23NO3. The predicted molar refractivity (Wildman–Crippen MR) is 80.1 cm³/mol. The molecule has 1 aromatic rings. The van der Waals surface area contributed by atoms with Crippen molar-refractivity contribution in [2.75, 3.05) is 26.8 Å². The van der Waals surface area contributed by atoms with Gasteiger partial charge in [0.1, 0.15) is 0 Å². The highest BCUT2D eigenvalue weighted by Crippen LogP contribution is 2.35. The van der Waals surface area contributed by atoms with Gasteiger partial charge < -0.3 is 9.47 Å². The molecule has 114 valence electrons. The van der Waals surface area contributed by atoms with Crippen molar-refractivity contribution in [3.8, 4) is 0 Å². The molecule has 0 N–H and O–H groups in total. The zero-order valence-corrected chi connectivity index (χ0v) is 12.6. The van der Waals surface area contributed by atoms with Crippen LogP contribution < -0.4 is 0 Å². The second-order valence-corrected chi connectivity index (χ2v) is 5.87. The summed E-state index contributed by atoms with van der Waals surface area (Å²) >= 11 is 0. The smallest absolute Gasteiger partial charge is 0.308 e. The molecule has 1 saturated heterocycles. The fourth-order valence-electron chi connectivity index (χ4n) is 3.53. The maximum atomic E-state index is 11.4. The Morgan fingerprint density at radius 2 is 2.29 bits per heavy atom. The van der Waals surface area contributed by atoms with Crippen molar-refractivity contribution in [2.45, 2.75) is 37.8 Å². The van der Waals surface area contributed by atoms with Crippen LogP contribution in [0.25, 0.3) is 0 Å². The number of aryl methyl sites for hydroxylation is 1. The lowest BCUT2D eigenvalue weighted by Gasteiger charge is -2.40. The van der Waals surface area contributed by atoms with E-state index in [1.54, 1.807) is 0 Å². The first kappa shape index (κ1) is 14.5. The quantitative estimate of drug-likeness (QED) is 0.801. The van der Waals surface area contributed by atoms with Gasteiger partial charge in [0.25, 0.3) is 0 Å². The Labute approximate surface area is 126 Å². The van der Waals surface area contributed by atoms with Crippen molar-refractivity contribution < 1.29 is 14.3 Å². The largest absolute Gasteiger partial charge is 0.469 e. The molecule has 2 unspecified atom stereocenters. The zero-order chi connectivity index (χ0) is 14.7. The lowest BCUT2D eigenvalue weighted by atomic mass is 9.86. The average Bonchev–Trinajstić information content (AvgIpc) is 2.54. The molecule has 21 heavy (non-hydrogen) atoms. The Balaban J connectivity index is 1.71. The molecule has 2 atom stereocenters. The first-order valence-corrected chi connectivity index (χ1v) is 7.78. The van der Waals surface area contributed by atoms with Gasteiger partial charge in [-0.2, -0.15) is 0 Å². The number of rotatable bonds is 3. The monoisotopic (exact) mass is 289 g/mol. The van der Waals surface area contributed by atoms with E-state index in [0.717, 1.165) is 13.1 Å². The number of methoxy groups -OCH3 is 1. The number of carbonyl (C=O) groups excluding carboxylic acids is 1. The van der Waals surface area contributed by atoms with Crippen LogP contribution >= 0.6 is 0 Å². The number of ether oxygens (including phenoxy) is 2. The summed E-state index contributed by atoms with van der Waals surface area (Å²) in [6.07, 6.45) is 3.92. The molecule has 0 spiro atoms. The summed E-state index contributed by atoms with van der Waals surface area (Å²) in [6.45, 7) is 2.45. The molecule has 0 radical (unpaired) electrons. The number of fused-ring (bicyclic) bond motifs is 1. The van der Waals surface area contributed by atoms with E-state index in [1.165, 1.54) is 37.5 Å². The van der Waals surface area contributed by atoms with Crippen LogP contribution in [0.5, 0.6) is 0 Å². The number of benzene rings is 1. The van der Waals surface area contributed by atoms with Crippen molar-refractivity contribution in [1.82, 2.24) is 4.90 Å². The molecule has 1 heterocycles. The van der Waals surface area contributed by atoms with Crippen LogP contribution in [-0.4, -0.2) is 43.8 Å². The first-order chi connectivity index (χ1) is 10.3. The standard InChI is InChI=1S/C17H23NO3/c1-20-17(19)11-14-12-18(9-10-21-14)16-8-4-6-13-5-2-3-7-15(13)16/h2-3,5,7,14,16H,4,6,8-12H2,1H3. The van der Waals surface area contributed by atoms with Crippen LogP contribution in [0.1, 0.15) is 36.4 Å². The van der Waals surface area contributed by atoms with Gasteiger partial charge in [0.2, 0.25) is 0 Å². The van der Waals surface area contributed by atoms with Gasteiger partial charge in [-0.05, 0) is 30.4 Å². The third-order valence-electron chi connectivity index (χ3n) is 4.57. The van der Waals surface area contributed by atoms with E-state index in [-0.39, 0.29) is 12.1 Å². The third kappa shape index (κ3) is 3.27. The summed E-state index contributed by atoms with van der Waals surface area (Å²) in [7, 11) is 1.43. The molecular weight excluding hydrogens is 266 g/mol. The van der Waals surface area contributed by atoms with E-state index < -0.39 is 0 Å². The minimum atomic E-state index is -0.189. The second-order valence-electron chi connectivity index (χ2n) is 5.87. The van der Waals surface area contributed by atoms with Crippen molar-refractivity contribution >= 4 is 5.97 Å². The van der Waals surface area contributed by atoms with Crippen LogP contribution in [0.3, 0.4) is 0 Å². The number of carbonyl (C=O) groups is 1. The van der Waals surface area contributed by atoms with Crippen molar-refractivity contribution in [3.05, 3.63) is 35.4 Å². The number of nitrogens with zero attached hydrogens (tertiary/aromatic N) is 1. The van der Waals surface area contributed by atoms with Crippen LogP contribution in [-0.2, 0) is 20.7 Å². The fourth-order valence-corrected chi connectivity index (χ4v) is 3.53. The average molecular weight is 289 g/mol. The van der Waals surface area contributed by atoms with Crippen molar-refractivity contribution in [1.29, 1.82) is 0 Å². The van der Waals surface area contributed by atoms with Crippen LogP contribution in [0.15, 0.2) is 24.3 Å². The van der Waals surface area contributed by atoms with Gasteiger partial charge in [-0.3, -0.25) is 9.69 Å². The zero-order valence-electron chi connectivity index (χ0n) is 12.6. The van der Waals surface area contributed by atoms with Crippen LogP contribution in [0.2, 0.25) is 0 Å². The molecule has 2 aliphatic rings. The van der Waals surface area contributed by atoms with Gasteiger partial charge in [0, 0.05) is 19.1 Å². The molecule has 1 aliphatic carbocycles. The Morgan fingerprint density at radius 1 is 1.43 bits per heavy atom. The summed E-state index contributed by atoms with van der Waals surface area (Å²) in [5, 5.41) is 0. The molecule has 1 aliphatic heterocycles. The molecule has 4 nitrogen and oxygen atoms in total. The minimum Gasteiger partial charge on any atom is -0.469 e. The minimum absolute atomic E-state index is 0.0414. The lowest BCUT2D eigenvalue weighted by Crippen LogP contribution is -2.45. The fraction of sp³-hybridized carbons (Fsp3) is 0.588. The summed E-state index contributed by atoms with van der Waals surface area (Å²) in [5.41, 5.74) is 2.94. The molecule has 3 rings (SSSR count). The Morgan fingerprint density at radius 3 is 3.14 bits per heavy atom. The first-order valence-electron chi connectivity index (χ1n) is 7.78. The number of morpholine rings is 1. The number of esters is 1. The van der Waals surface area contributed by atoms with E-state index >= 15 is 0 Å². The van der Waals surface area contributed by atoms with Crippen LogP contribution in [0, 0.1) is 0 Å². The maximum absolute atomic E-state index is 11.4. The third-order valence-corrected chi connectivity index (χ3v) is 4.57. The van der Waals surface area contributed by atoms with Gasteiger partial charge in [-0.25, -0.2) is 0 Å².